The molecule has 2 atom stereocenters. The quantitative estimate of drug-likeness (QED) is 0.804. The predicted molar refractivity (Wildman–Crippen MR) is 89.6 cm³/mol. The van der Waals surface area contributed by atoms with Gasteiger partial charge in [0.2, 0.25) is 5.91 Å². The molecule has 0 N–H and O–H groups in total. The Balaban J connectivity index is 1.72. The van der Waals surface area contributed by atoms with Crippen LogP contribution in [0.15, 0.2) is 24.3 Å². The van der Waals surface area contributed by atoms with Crippen molar-refractivity contribution in [3.05, 3.63) is 24.3 Å². The zero-order valence-corrected chi connectivity index (χ0v) is 13.8. The molecule has 0 spiro atoms. The average molecular weight is 316 g/mol. The van der Waals surface area contributed by atoms with E-state index in [9.17, 15) is 9.59 Å². The highest BCUT2D eigenvalue weighted by molar-refractivity contribution is 5.99. The molecule has 3 rings (SSSR count). The average Bonchev–Trinajstić information content (AvgIpc) is 2.97. The Bertz CT molecular complexity index is 584. The number of nitrogens with zero attached hydrogens (tertiary/aromatic N) is 2. The molecule has 1 aromatic rings. The van der Waals surface area contributed by atoms with Gasteiger partial charge < -0.3 is 14.5 Å². The Morgan fingerprint density at radius 2 is 1.87 bits per heavy atom. The Labute approximate surface area is 137 Å². The van der Waals surface area contributed by atoms with Gasteiger partial charge in [-0.05, 0) is 50.5 Å². The summed E-state index contributed by atoms with van der Waals surface area (Å²) in [7, 11) is 1.37. The molecule has 2 aliphatic heterocycles. The molecule has 2 fully saturated rings. The van der Waals surface area contributed by atoms with Crippen molar-refractivity contribution in [3.63, 3.8) is 0 Å². The van der Waals surface area contributed by atoms with E-state index in [0.717, 1.165) is 12.2 Å². The van der Waals surface area contributed by atoms with Gasteiger partial charge in [-0.3, -0.25) is 9.59 Å². The first-order chi connectivity index (χ1) is 11.1. The van der Waals surface area contributed by atoms with Crippen LogP contribution in [0.2, 0.25) is 0 Å². The van der Waals surface area contributed by atoms with E-state index in [2.05, 4.69) is 24.0 Å². The van der Waals surface area contributed by atoms with Crippen LogP contribution in [0.3, 0.4) is 0 Å². The van der Waals surface area contributed by atoms with Crippen molar-refractivity contribution in [1.29, 1.82) is 0 Å². The molecular formula is C18H24N2O3. The maximum atomic E-state index is 12.2. The van der Waals surface area contributed by atoms with Gasteiger partial charge in [-0.1, -0.05) is 0 Å². The minimum Gasteiger partial charge on any atom is -0.469 e. The second kappa shape index (κ2) is 6.60. The Hall–Kier alpha value is -2.04. The summed E-state index contributed by atoms with van der Waals surface area (Å²) >= 11 is 0. The zero-order valence-electron chi connectivity index (χ0n) is 13.8. The second-order valence-electron chi connectivity index (χ2n) is 6.48. The third-order valence-electron chi connectivity index (χ3n) is 4.96. The molecular weight excluding hydrogens is 292 g/mol. The molecule has 1 amide bonds. The van der Waals surface area contributed by atoms with Crippen molar-refractivity contribution < 1.29 is 14.3 Å². The van der Waals surface area contributed by atoms with Gasteiger partial charge in [-0.25, -0.2) is 0 Å². The molecule has 0 aliphatic carbocycles. The highest BCUT2D eigenvalue weighted by Gasteiger charge is 2.35. The Morgan fingerprint density at radius 1 is 1.17 bits per heavy atom. The van der Waals surface area contributed by atoms with Crippen LogP contribution in [0.1, 0.15) is 32.6 Å². The molecule has 2 saturated heterocycles. The fourth-order valence-corrected chi connectivity index (χ4v) is 3.59. The number of ether oxygens (including phenoxy) is 1. The summed E-state index contributed by atoms with van der Waals surface area (Å²) in [6.45, 7) is 3.76. The van der Waals surface area contributed by atoms with Gasteiger partial charge in [0, 0.05) is 36.9 Å². The van der Waals surface area contributed by atoms with Crippen LogP contribution in [-0.4, -0.2) is 38.1 Å². The molecule has 2 heterocycles. The van der Waals surface area contributed by atoms with Crippen LogP contribution >= 0.6 is 0 Å². The number of piperidine rings is 1. The van der Waals surface area contributed by atoms with Crippen LogP contribution in [0.5, 0.6) is 0 Å². The fourth-order valence-electron chi connectivity index (χ4n) is 3.59. The van der Waals surface area contributed by atoms with Gasteiger partial charge in [-0.2, -0.15) is 0 Å². The minimum atomic E-state index is -0.353. The Morgan fingerprint density at radius 3 is 2.52 bits per heavy atom. The lowest BCUT2D eigenvalue weighted by molar-refractivity contribution is -0.145. The minimum absolute atomic E-state index is 0.0144. The SMILES string of the molecule is COC(=O)[C@H]1CC(=O)N(c2ccc(N3CCCC[C@H]3C)cc2)C1. The number of benzene rings is 1. The molecule has 1 aromatic carbocycles. The van der Waals surface area contributed by atoms with Gasteiger partial charge in [0.05, 0.1) is 13.0 Å². The number of esters is 1. The molecule has 23 heavy (non-hydrogen) atoms. The van der Waals surface area contributed by atoms with Crippen molar-refractivity contribution >= 4 is 23.3 Å². The van der Waals surface area contributed by atoms with Crippen molar-refractivity contribution in [2.45, 2.75) is 38.6 Å². The van der Waals surface area contributed by atoms with E-state index in [1.807, 2.05) is 12.1 Å². The van der Waals surface area contributed by atoms with Crippen LogP contribution in [-0.2, 0) is 14.3 Å². The van der Waals surface area contributed by atoms with Crippen LogP contribution < -0.4 is 9.80 Å². The lowest BCUT2D eigenvalue weighted by Gasteiger charge is -2.35. The summed E-state index contributed by atoms with van der Waals surface area (Å²) in [6.07, 6.45) is 4.00. The van der Waals surface area contributed by atoms with Gasteiger partial charge in [0.15, 0.2) is 0 Å². The number of hydrogen-bond acceptors (Lipinski definition) is 4. The second-order valence-corrected chi connectivity index (χ2v) is 6.48. The zero-order chi connectivity index (χ0) is 16.4. The monoisotopic (exact) mass is 316 g/mol. The molecule has 0 aromatic heterocycles. The van der Waals surface area contributed by atoms with E-state index in [4.69, 9.17) is 4.74 Å². The number of hydrogen-bond donors (Lipinski definition) is 0. The van der Waals surface area contributed by atoms with Gasteiger partial charge in [0.25, 0.3) is 0 Å². The summed E-state index contributed by atoms with van der Waals surface area (Å²) in [5, 5.41) is 0. The first kappa shape index (κ1) is 15.8. The number of amides is 1. The van der Waals surface area contributed by atoms with E-state index in [1.54, 1.807) is 4.90 Å². The molecule has 0 bridgehead atoms. The maximum Gasteiger partial charge on any atom is 0.311 e. The van der Waals surface area contributed by atoms with Crippen molar-refractivity contribution in [1.82, 2.24) is 0 Å². The van der Waals surface area contributed by atoms with Crippen molar-refractivity contribution in [2.75, 3.05) is 30.0 Å². The van der Waals surface area contributed by atoms with Gasteiger partial charge >= 0.3 is 5.97 Å². The first-order valence-electron chi connectivity index (χ1n) is 8.35. The van der Waals surface area contributed by atoms with Crippen LogP contribution in [0.4, 0.5) is 11.4 Å². The summed E-state index contributed by atoms with van der Waals surface area (Å²) < 4.78 is 4.75. The van der Waals surface area contributed by atoms with Crippen LogP contribution in [0.25, 0.3) is 0 Å². The standard InChI is InChI=1S/C18H24N2O3/c1-13-5-3-4-10-19(13)15-6-8-16(9-7-15)20-12-14(11-17(20)21)18(22)23-2/h6-9,13-14H,3-5,10-12H2,1-2H3/t13-,14+/m1/s1. The first-order valence-corrected chi connectivity index (χ1v) is 8.35. The number of carbonyl (C=O) groups is 2. The number of rotatable bonds is 3. The third-order valence-corrected chi connectivity index (χ3v) is 4.96. The normalized spacial score (nSPS) is 24.9. The topological polar surface area (TPSA) is 49.9 Å². The third kappa shape index (κ3) is 3.19. The molecule has 0 saturated carbocycles. The lowest BCUT2D eigenvalue weighted by Crippen LogP contribution is -2.37. The molecule has 0 radical (unpaired) electrons. The summed E-state index contributed by atoms with van der Waals surface area (Å²) in [6, 6.07) is 8.68. The predicted octanol–water partition coefficient (Wildman–Crippen LogP) is 2.59. The molecule has 5 heteroatoms. The number of anilines is 2. The van der Waals surface area contributed by atoms with E-state index >= 15 is 0 Å². The molecule has 124 valence electrons. The lowest BCUT2D eigenvalue weighted by atomic mass is 10.0. The highest BCUT2D eigenvalue weighted by Crippen LogP contribution is 2.30. The molecule has 2 aliphatic rings. The largest absolute Gasteiger partial charge is 0.469 e. The van der Waals surface area contributed by atoms with Crippen molar-refractivity contribution in [2.24, 2.45) is 5.92 Å². The van der Waals surface area contributed by atoms with Crippen LogP contribution in [0, 0.1) is 5.92 Å². The van der Waals surface area contributed by atoms with Crippen molar-refractivity contribution in [3.8, 4) is 0 Å². The summed E-state index contributed by atoms with van der Waals surface area (Å²) in [5.41, 5.74) is 2.06. The molecule has 5 nitrogen and oxygen atoms in total. The Kier molecular flexibility index (Phi) is 4.55. The van der Waals surface area contributed by atoms with Gasteiger partial charge in [0.1, 0.15) is 0 Å². The molecule has 0 unspecified atom stereocenters. The van der Waals surface area contributed by atoms with E-state index in [0.29, 0.717) is 12.6 Å². The fraction of sp³-hybridized carbons (Fsp3) is 0.556. The number of methoxy groups -OCH3 is 1. The summed E-state index contributed by atoms with van der Waals surface area (Å²) in [4.78, 5) is 27.9. The smallest absolute Gasteiger partial charge is 0.311 e. The van der Waals surface area contributed by atoms with E-state index < -0.39 is 0 Å². The van der Waals surface area contributed by atoms with E-state index in [1.165, 1.54) is 32.1 Å². The summed E-state index contributed by atoms with van der Waals surface area (Å²) in [5.74, 6) is -0.673. The number of carbonyl (C=O) groups excluding carboxylic acids is 2. The highest BCUT2D eigenvalue weighted by atomic mass is 16.5. The van der Waals surface area contributed by atoms with E-state index in [-0.39, 0.29) is 24.2 Å². The van der Waals surface area contributed by atoms with Gasteiger partial charge in [-0.15, -0.1) is 0 Å². The maximum absolute atomic E-state index is 12.2.